The highest BCUT2D eigenvalue weighted by molar-refractivity contribution is 5.99. The fraction of sp³-hybridized carbons (Fsp3) is 0. The molecule has 0 amide bonds. The van der Waals surface area contributed by atoms with Crippen LogP contribution in [0.3, 0.4) is 0 Å². The van der Waals surface area contributed by atoms with E-state index in [2.05, 4.69) is 15.5 Å². The zero-order valence-corrected chi connectivity index (χ0v) is 11.0. The highest BCUT2D eigenvalue weighted by atomic mass is 16.6. The van der Waals surface area contributed by atoms with Crippen LogP contribution in [0, 0.1) is 10.1 Å². The summed E-state index contributed by atoms with van der Waals surface area (Å²) in [5.74, 6) is 0. The van der Waals surface area contributed by atoms with Crippen LogP contribution in [0.25, 0.3) is 10.9 Å². The van der Waals surface area contributed by atoms with Gasteiger partial charge in [-0.1, -0.05) is 18.2 Å². The molecular weight excluding hydrogens is 268 g/mol. The largest absolute Gasteiger partial charge is 0.361 e. The van der Waals surface area contributed by atoms with E-state index in [-0.39, 0.29) is 5.69 Å². The molecule has 21 heavy (non-hydrogen) atoms. The Morgan fingerprint density at radius 1 is 1.14 bits per heavy atom. The molecule has 3 aromatic rings. The molecule has 0 fully saturated rings. The van der Waals surface area contributed by atoms with E-state index in [1.165, 1.54) is 12.1 Å². The van der Waals surface area contributed by atoms with Gasteiger partial charge < -0.3 is 4.98 Å². The summed E-state index contributed by atoms with van der Waals surface area (Å²) in [5.41, 5.74) is 5.62. The summed E-state index contributed by atoms with van der Waals surface area (Å²) in [6.45, 7) is 0. The van der Waals surface area contributed by atoms with Gasteiger partial charge in [0.1, 0.15) is 0 Å². The lowest BCUT2D eigenvalue weighted by Crippen LogP contribution is -1.91. The smallest absolute Gasteiger partial charge is 0.269 e. The maximum atomic E-state index is 10.6. The topological polar surface area (TPSA) is 83.3 Å². The Morgan fingerprint density at radius 3 is 2.67 bits per heavy atom. The molecule has 0 bridgehead atoms. The van der Waals surface area contributed by atoms with Crippen molar-refractivity contribution in [3.05, 3.63) is 70.4 Å². The van der Waals surface area contributed by atoms with Crippen LogP contribution >= 0.6 is 0 Å². The van der Waals surface area contributed by atoms with E-state index in [1.807, 2.05) is 30.5 Å². The third-order valence-electron chi connectivity index (χ3n) is 3.10. The first-order valence-electron chi connectivity index (χ1n) is 6.34. The van der Waals surface area contributed by atoms with Gasteiger partial charge in [-0.05, 0) is 18.2 Å². The molecule has 0 spiro atoms. The minimum Gasteiger partial charge on any atom is -0.361 e. The molecule has 0 saturated carbocycles. The first-order chi connectivity index (χ1) is 10.2. The number of non-ortho nitro benzene ring substituents is 1. The van der Waals surface area contributed by atoms with E-state index >= 15 is 0 Å². The van der Waals surface area contributed by atoms with Crippen LogP contribution in [0.2, 0.25) is 0 Å². The predicted molar refractivity (Wildman–Crippen MR) is 82.6 cm³/mol. The number of benzene rings is 2. The lowest BCUT2D eigenvalue weighted by atomic mass is 10.2. The second kappa shape index (κ2) is 5.46. The summed E-state index contributed by atoms with van der Waals surface area (Å²) < 4.78 is 0. The lowest BCUT2D eigenvalue weighted by molar-refractivity contribution is -0.384. The van der Waals surface area contributed by atoms with Gasteiger partial charge in [-0.15, -0.1) is 0 Å². The Morgan fingerprint density at radius 2 is 1.90 bits per heavy atom. The quantitative estimate of drug-likeness (QED) is 0.435. The number of para-hydroxylation sites is 1. The number of aromatic nitrogens is 1. The van der Waals surface area contributed by atoms with Crippen LogP contribution in [-0.4, -0.2) is 16.1 Å². The average Bonchev–Trinajstić information content (AvgIpc) is 2.91. The van der Waals surface area contributed by atoms with Gasteiger partial charge in [0.05, 0.1) is 16.8 Å². The first-order valence-corrected chi connectivity index (χ1v) is 6.34. The van der Waals surface area contributed by atoms with Crippen LogP contribution in [0.5, 0.6) is 0 Å². The van der Waals surface area contributed by atoms with Crippen molar-refractivity contribution in [3.8, 4) is 0 Å². The number of nitrogens with one attached hydrogen (secondary N) is 2. The predicted octanol–water partition coefficient (Wildman–Crippen LogP) is 3.52. The number of fused-ring (bicyclic) bond motifs is 1. The van der Waals surface area contributed by atoms with Crippen molar-refractivity contribution >= 4 is 28.5 Å². The molecule has 6 heteroatoms. The van der Waals surface area contributed by atoms with E-state index < -0.39 is 4.92 Å². The summed E-state index contributed by atoms with van der Waals surface area (Å²) in [5, 5.41) is 15.8. The number of anilines is 1. The third-order valence-corrected chi connectivity index (χ3v) is 3.10. The number of aromatic amines is 1. The molecule has 2 aromatic carbocycles. The van der Waals surface area contributed by atoms with Gasteiger partial charge in [-0.25, -0.2) is 0 Å². The number of hydrogen-bond donors (Lipinski definition) is 2. The summed E-state index contributed by atoms with van der Waals surface area (Å²) in [6, 6.07) is 14.0. The summed E-state index contributed by atoms with van der Waals surface area (Å²) in [6.07, 6.45) is 3.59. The highest BCUT2D eigenvalue weighted by Crippen LogP contribution is 2.17. The van der Waals surface area contributed by atoms with Crippen molar-refractivity contribution in [3.63, 3.8) is 0 Å². The Bertz CT molecular complexity index is 806. The van der Waals surface area contributed by atoms with Gasteiger partial charge in [-0.2, -0.15) is 5.10 Å². The van der Waals surface area contributed by atoms with Crippen molar-refractivity contribution in [1.29, 1.82) is 0 Å². The maximum absolute atomic E-state index is 10.6. The normalized spacial score (nSPS) is 11.0. The monoisotopic (exact) mass is 280 g/mol. The van der Waals surface area contributed by atoms with Crippen molar-refractivity contribution in [1.82, 2.24) is 4.98 Å². The molecule has 2 N–H and O–H groups in total. The zero-order chi connectivity index (χ0) is 14.7. The average molecular weight is 280 g/mol. The molecule has 0 atom stereocenters. The number of nitro groups is 1. The van der Waals surface area contributed by atoms with E-state index in [1.54, 1.807) is 18.3 Å². The molecule has 0 unspecified atom stereocenters. The molecule has 0 aliphatic carbocycles. The summed E-state index contributed by atoms with van der Waals surface area (Å²) in [4.78, 5) is 13.3. The Balaban J connectivity index is 1.73. The number of H-pyrrole nitrogens is 1. The Hall–Kier alpha value is -3.15. The molecule has 3 rings (SSSR count). The molecule has 0 saturated heterocycles. The van der Waals surface area contributed by atoms with Crippen LogP contribution in [0.1, 0.15) is 5.56 Å². The van der Waals surface area contributed by atoms with E-state index in [9.17, 15) is 10.1 Å². The van der Waals surface area contributed by atoms with Crippen LogP contribution in [0.15, 0.2) is 59.8 Å². The highest BCUT2D eigenvalue weighted by Gasteiger charge is 2.03. The van der Waals surface area contributed by atoms with Gasteiger partial charge in [0.15, 0.2) is 0 Å². The second-order valence-corrected chi connectivity index (χ2v) is 4.46. The molecule has 0 radical (unpaired) electrons. The molecule has 0 aliphatic rings. The van der Waals surface area contributed by atoms with E-state index in [4.69, 9.17) is 0 Å². The Labute approximate surface area is 120 Å². The van der Waals surface area contributed by atoms with Gasteiger partial charge in [0.25, 0.3) is 5.69 Å². The van der Waals surface area contributed by atoms with Gasteiger partial charge in [-0.3, -0.25) is 15.5 Å². The standard InChI is InChI=1S/C15H12N4O2/c20-19(21)13-7-5-12(6-8-13)18-17-10-11-9-16-15-4-2-1-3-14(11)15/h1-10,16,18H/b17-10+. The fourth-order valence-corrected chi connectivity index (χ4v) is 2.03. The molecular formula is C15H12N4O2. The van der Waals surface area contributed by atoms with Crippen molar-refractivity contribution in [2.75, 3.05) is 5.43 Å². The van der Waals surface area contributed by atoms with E-state index in [0.717, 1.165) is 16.5 Å². The molecule has 104 valence electrons. The molecule has 1 aromatic heterocycles. The number of hydrazone groups is 1. The molecule has 6 nitrogen and oxygen atoms in total. The second-order valence-electron chi connectivity index (χ2n) is 4.46. The fourth-order valence-electron chi connectivity index (χ4n) is 2.03. The molecule has 0 aliphatic heterocycles. The van der Waals surface area contributed by atoms with Gasteiger partial charge in [0, 0.05) is 34.8 Å². The van der Waals surface area contributed by atoms with Crippen LogP contribution in [0.4, 0.5) is 11.4 Å². The number of rotatable bonds is 4. The summed E-state index contributed by atoms with van der Waals surface area (Å²) >= 11 is 0. The number of nitro benzene ring substituents is 1. The Kier molecular flexibility index (Phi) is 3.34. The minimum atomic E-state index is -0.432. The van der Waals surface area contributed by atoms with Crippen molar-refractivity contribution in [2.45, 2.75) is 0 Å². The lowest BCUT2D eigenvalue weighted by Gasteiger charge is -1.99. The maximum Gasteiger partial charge on any atom is 0.269 e. The zero-order valence-electron chi connectivity index (χ0n) is 11.0. The van der Waals surface area contributed by atoms with Gasteiger partial charge in [0.2, 0.25) is 0 Å². The van der Waals surface area contributed by atoms with Crippen LogP contribution < -0.4 is 5.43 Å². The number of hydrogen-bond acceptors (Lipinski definition) is 4. The number of nitrogens with zero attached hydrogens (tertiary/aromatic N) is 2. The SMILES string of the molecule is O=[N+]([O-])c1ccc(N/N=C/c2c[nH]c3ccccc23)cc1. The van der Waals surface area contributed by atoms with Crippen molar-refractivity contribution in [2.24, 2.45) is 5.10 Å². The summed E-state index contributed by atoms with van der Waals surface area (Å²) in [7, 11) is 0. The van der Waals surface area contributed by atoms with E-state index in [0.29, 0.717) is 5.69 Å². The molecule has 1 heterocycles. The van der Waals surface area contributed by atoms with Crippen molar-refractivity contribution < 1.29 is 4.92 Å². The van der Waals surface area contributed by atoms with Crippen LogP contribution in [-0.2, 0) is 0 Å². The van der Waals surface area contributed by atoms with Gasteiger partial charge >= 0.3 is 0 Å². The third kappa shape index (κ3) is 2.74. The minimum absolute atomic E-state index is 0.0566. The first kappa shape index (κ1) is 12.9.